The number of carbonyl (C=O) groups is 2. The van der Waals surface area contributed by atoms with Crippen molar-refractivity contribution < 1.29 is 27.9 Å². The van der Waals surface area contributed by atoms with Crippen molar-refractivity contribution in [3.63, 3.8) is 0 Å². The Kier molecular flexibility index (Phi) is 5.02. The van der Waals surface area contributed by atoms with E-state index in [2.05, 4.69) is 9.46 Å². The van der Waals surface area contributed by atoms with Gasteiger partial charge in [-0.1, -0.05) is 12.1 Å². The van der Waals surface area contributed by atoms with Crippen molar-refractivity contribution in [1.29, 1.82) is 0 Å². The summed E-state index contributed by atoms with van der Waals surface area (Å²) in [6.07, 6.45) is 0. The molecule has 0 fully saturated rings. The van der Waals surface area contributed by atoms with E-state index in [-0.39, 0.29) is 11.3 Å². The molecule has 8 heteroatoms. The normalized spacial score (nSPS) is 11.0. The molecule has 0 aliphatic carbocycles. The van der Waals surface area contributed by atoms with E-state index in [9.17, 15) is 18.0 Å². The molecule has 104 valence electrons. The molecule has 0 aliphatic heterocycles. The van der Waals surface area contributed by atoms with Gasteiger partial charge in [0.2, 0.25) is 10.0 Å². The minimum atomic E-state index is -3.67. The molecule has 0 spiro atoms. The smallest absolute Gasteiger partial charge is 0.335 e. The van der Waals surface area contributed by atoms with Crippen molar-refractivity contribution in [1.82, 2.24) is 4.72 Å². The number of methoxy groups -OCH3 is 1. The Morgan fingerprint density at radius 1 is 1.26 bits per heavy atom. The van der Waals surface area contributed by atoms with Crippen LogP contribution < -0.4 is 4.72 Å². The van der Waals surface area contributed by atoms with Crippen molar-refractivity contribution in [2.24, 2.45) is 0 Å². The average Bonchev–Trinajstić information content (AvgIpc) is 2.36. The molecule has 1 aromatic rings. The van der Waals surface area contributed by atoms with Gasteiger partial charge < -0.3 is 9.84 Å². The van der Waals surface area contributed by atoms with Crippen LogP contribution in [0, 0.1) is 0 Å². The van der Waals surface area contributed by atoms with E-state index in [1.54, 1.807) is 0 Å². The van der Waals surface area contributed by atoms with Gasteiger partial charge in [0.25, 0.3) is 0 Å². The molecule has 1 rings (SSSR count). The van der Waals surface area contributed by atoms with E-state index in [0.29, 0.717) is 5.56 Å². The molecule has 2 N–H and O–H groups in total. The number of carboxylic acids is 1. The van der Waals surface area contributed by atoms with E-state index in [0.717, 1.165) is 7.11 Å². The third-order valence-electron chi connectivity index (χ3n) is 2.22. The number of hydrogen-bond acceptors (Lipinski definition) is 5. The Balaban J connectivity index is 2.67. The zero-order valence-corrected chi connectivity index (χ0v) is 10.9. The molecule has 0 amide bonds. The van der Waals surface area contributed by atoms with Crippen molar-refractivity contribution in [3.05, 3.63) is 35.4 Å². The van der Waals surface area contributed by atoms with E-state index in [1.165, 1.54) is 24.3 Å². The minimum Gasteiger partial charge on any atom is -0.478 e. The maximum Gasteiger partial charge on any atom is 0.335 e. The number of rotatable bonds is 6. The second-order valence-corrected chi connectivity index (χ2v) is 5.47. The predicted molar refractivity (Wildman–Crippen MR) is 66.0 cm³/mol. The molecule has 0 saturated heterocycles. The Morgan fingerprint density at radius 2 is 1.84 bits per heavy atom. The number of carbonyl (C=O) groups excluding carboxylic acids is 1. The highest BCUT2D eigenvalue weighted by molar-refractivity contribution is 7.88. The molecule has 0 saturated carbocycles. The topological polar surface area (TPSA) is 110 Å². The lowest BCUT2D eigenvalue weighted by atomic mass is 10.1. The van der Waals surface area contributed by atoms with Crippen molar-refractivity contribution in [2.45, 2.75) is 5.75 Å². The predicted octanol–water partition coefficient (Wildman–Crippen LogP) is -0.0228. The third kappa shape index (κ3) is 5.06. The van der Waals surface area contributed by atoms with Crippen LogP contribution in [0.25, 0.3) is 0 Å². The van der Waals surface area contributed by atoms with E-state index >= 15 is 0 Å². The third-order valence-corrected chi connectivity index (χ3v) is 3.52. The lowest BCUT2D eigenvalue weighted by Crippen LogP contribution is -2.31. The standard InChI is InChI=1S/C11H13NO6S/c1-18-10(13)6-12-19(16,17)7-8-2-4-9(5-3-8)11(14)15/h2-5,12H,6-7H2,1H3,(H,14,15). The van der Waals surface area contributed by atoms with Crippen molar-refractivity contribution in [2.75, 3.05) is 13.7 Å². The first kappa shape index (κ1) is 15.1. The molecule has 1 aromatic carbocycles. The first-order valence-corrected chi connectivity index (χ1v) is 6.85. The van der Waals surface area contributed by atoms with Crippen LogP contribution in [0.15, 0.2) is 24.3 Å². The van der Waals surface area contributed by atoms with Gasteiger partial charge in [0, 0.05) is 0 Å². The second kappa shape index (κ2) is 6.30. The van der Waals surface area contributed by atoms with E-state index in [4.69, 9.17) is 5.11 Å². The molecule has 19 heavy (non-hydrogen) atoms. The summed E-state index contributed by atoms with van der Waals surface area (Å²) in [5.74, 6) is -2.12. The van der Waals surface area contributed by atoms with Crippen LogP contribution in [-0.4, -0.2) is 39.1 Å². The first-order valence-electron chi connectivity index (χ1n) is 5.20. The summed E-state index contributed by atoms with van der Waals surface area (Å²) in [7, 11) is -2.52. The zero-order chi connectivity index (χ0) is 14.5. The van der Waals surface area contributed by atoms with Gasteiger partial charge in [0.1, 0.15) is 6.54 Å². The summed E-state index contributed by atoms with van der Waals surface area (Å²) >= 11 is 0. The SMILES string of the molecule is COC(=O)CNS(=O)(=O)Cc1ccc(C(=O)O)cc1. The summed E-state index contributed by atoms with van der Waals surface area (Å²) in [6, 6.07) is 5.43. The lowest BCUT2D eigenvalue weighted by Gasteiger charge is -2.06. The van der Waals surface area contributed by atoms with Crippen LogP contribution in [0.1, 0.15) is 15.9 Å². The molecule has 0 aliphatic rings. The number of esters is 1. The van der Waals surface area contributed by atoms with Crippen molar-refractivity contribution >= 4 is 22.0 Å². The zero-order valence-electron chi connectivity index (χ0n) is 10.1. The van der Waals surface area contributed by atoms with Crippen LogP contribution in [0.3, 0.4) is 0 Å². The van der Waals surface area contributed by atoms with Crippen molar-refractivity contribution in [3.8, 4) is 0 Å². The first-order chi connectivity index (χ1) is 8.84. The fourth-order valence-electron chi connectivity index (χ4n) is 1.26. The average molecular weight is 287 g/mol. The van der Waals surface area contributed by atoms with Crippen LogP contribution >= 0.6 is 0 Å². The van der Waals surface area contributed by atoms with Gasteiger partial charge in [-0.15, -0.1) is 0 Å². The van der Waals surface area contributed by atoms with Gasteiger partial charge in [-0.2, -0.15) is 0 Å². The summed E-state index contributed by atoms with van der Waals surface area (Å²) < 4.78 is 29.6. The maximum absolute atomic E-state index is 11.6. The highest BCUT2D eigenvalue weighted by Gasteiger charge is 2.14. The highest BCUT2D eigenvalue weighted by atomic mass is 32.2. The van der Waals surface area contributed by atoms with Crippen LogP contribution in [0.2, 0.25) is 0 Å². The largest absolute Gasteiger partial charge is 0.478 e. The summed E-state index contributed by atoms with van der Waals surface area (Å²) in [5, 5.41) is 8.70. The lowest BCUT2D eigenvalue weighted by molar-refractivity contribution is -0.139. The monoisotopic (exact) mass is 287 g/mol. The summed E-state index contributed by atoms with van der Waals surface area (Å²) in [5.41, 5.74) is 0.492. The molecule has 0 aromatic heterocycles. The van der Waals surface area contributed by atoms with Gasteiger partial charge in [-0.3, -0.25) is 4.79 Å². The van der Waals surface area contributed by atoms with Crippen LogP contribution in [0.4, 0.5) is 0 Å². The molecule has 0 radical (unpaired) electrons. The number of ether oxygens (including phenoxy) is 1. The van der Waals surface area contributed by atoms with Gasteiger partial charge in [0.15, 0.2) is 0 Å². The maximum atomic E-state index is 11.6. The number of carboxylic acid groups (broad SMARTS) is 1. The number of benzene rings is 1. The fraction of sp³-hybridized carbons (Fsp3) is 0.273. The number of nitrogens with one attached hydrogen (secondary N) is 1. The second-order valence-electron chi connectivity index (χ2n) is 3.66. The Morgan fingerprint density at radius 3 is 2.32 bits per heavy atom. The summed E-state index contributed by atoms with van der Waals surface area (Å²) in [6.45, 7) is -0.438. The van der Waals surface area contributed by atoms with Gasteiger partial charge in [-0.25, -0.2) is 17.9 Å². The van der Waals surface area contributed by atoms with Gasteiger partial charge in [-0.05, 0) is 17.7 Å². The quantitative estimate of drug-likeness (QED) is 0.711. The number of aromatic carboxylic acids is 1. The molecule has 7 nitrogen and oxygen atoms in total. The minimum absolute atomic E-state index is 0.0728. The number of hydrogen-bond donors (Lipinski definition) is 2. The van der Waals surface area contributed by atoms with Crippen LogP contribution in [-0.2, 0) is 25.3 Å². The molecule has 0 bridgehead atoms. The molecular formula is C11H13NO6S. The summed E-state index contributed by atoms with van der Waals surface area (Å²) in [4.78, 5) is 21.4. The Hall–Kier alpha value is -1.93. The Bertz CT molecular complexity index is 563. The highest BCUT2D eigenvalue weighted by Crippen LogP contribution is 2.07. The van der Waals surface area contributed by atoms with E-state index < -0.39 is 28.5 Å². The van der Waals surface area contributed by atoms with E-state index in [1.807, 2.05) is 0 Å². The molecule has 0 heterocycles. The molecular weight excluding hydrogens is 274 g/mol. The van der Waals surface area contributed by atoms with Crippen LogP contribution in [0.5, 0.6) is 0 Å². The molecule has 0 atom stereocenters. The molecule has 0 unspecified atom stereocenters. The fourth-order valence-corrected chi connectivity index (χ4v) is 2.33. The van der Waals surface area contributed by atoms with Gasteiger partial charge in [0.05, 0.1) is 18.4 Å². The van der Waals surface area contributed by atoms with Gasteiger partial charge >= 0.3 is 11.9 Å². The number of sulfonamides is 1. The Labute approximate surface area is 110 Å².